The van der Waals surface area contributed by atoms with E-state index in [4.69, 9.17) is 9.26 Å². The summed E-state index contributed by atoms with van der Waals surface area (Å²) in [4.78, 5) is 19.0. The van der Waals surface area contributed by atoms with Crippen molar-refractivity contribution in [2.45, 2.75) is 70.5 Å². The second-order valence-corrected chi connectivity index (χ2v) is 9.68. The molecule has 0 radical (unpaired) electrons. The van der Waals surface area contributed by atoms with Gasteiger partial charge in [0.05, 0.1) is 12.1 Å². The van der Waals surface area contributed by atoms with Gasteiger partial charge in [0, 0.05) is 43.4 Å². The zero-order valence-electron chi connectivity index (χ0n) is 20.1. The van der Waals surface area contributed by atoms with Crippen LogP contribution < -0.4 is 10.1 Å². The number of aryl methyl sites for hydroxylation is 1. The largest absolute Gasteiger partial charge is 0.468 e. The summed E-state index contributed by atoms with van der Waals surface area (Å²) in [5.74, 6) is 1.38. The molecular weight excluding hydrogens is 461 g/mol. The predicted octanol–water partition coefficient (Wildman–Crippen LogP) is 4.03. The van der Waals surface area contributed by atoms with Crippen LogP contribution in [-0.4, -0.2) is 59.4 Å². The molecule has 1 aliphatic heterocycles. The van der Waals surface area contributed by atoms with Crippen LogP contribution in [0.15, 0.2) is 22.7 Å². The molecule has 0 bridgehead atoms. The van der Waals surface area contributed by atoms with Gasteiger partial charge in [-0.05, 0) is 63.5 Å². The smallest absolute Gasteiger partial charge is 0.422 e. The average Bonchev–Trinajstić information content (AvgIpc) is 3.10. The van der Waals surface area contributed by atoms with Crippen LogP contribution in [0.2, 0.25) is 0 Å². The van der Waals surface area contributed by atoms with E-state index in [0.29, 0.717) is 23.8 Å². The lowest BCUT2D eigenvalue weighted by atomic mass is 9.84. The van der Waals surface area contributed by atoms with Gasteiger partial charge in [0.25, 0.3) is 0 Å². The SMILES string of the molecule is Cc1cc(CC(=O)NC2CCC(CCN3CCc4ccc(OCC(F)(F)F)nc4CC3)CC2)no1. The van der Waals surface area contributed by atoms with Crippen LogP contribution in [0.4, 0.5) is 13.2 Å². The average molecular weight is 495 g/mol. The summed E-state index contributed by atoms with van der Waals surface area (Å²) < 4.78 is 47.1. The summed E-state index contributed by atoms with van der Waals surface area (Å²) in [6.07, 6.45) is 2.73. The number of ether oxygens (including phenoxy) is 1. The highest BCUT2D eigenvalue weighted by Gasteiger charge is 2.29. The van der Waals surface area contributed by atoms with Gasteiger partial charge in [0.15, 0.2) is 6.61 Å². The summed E-state index contributed by atoms with van der Waals surface area (Å²) in [7, 11) is 0. The number of hydrogen-bond donors (Lipinski definition) is 1. The molecule has 1 aliphatic carbocycles. The van der Waals surface area contributed by atoms with Crippen molar-refractivity contribution in [3.05, 3.63) is 40.9 Å². The van der Waals surface area contributed by atoms with Crippen molar-refractivity contribution >= 4 is 5.91 Å². The zero-order valence-corrected chi connectivity index (χ0v) is 20.1. The Morgan fingerprint density at radius 1 is 1.20 bits per heavy atom. The van der Waals surface area contributed by atoms with Gasteiger partial charge < -0.3 is 19.5 Å². The third-order valence-corrected chi connectivity index (χ3v) is 6.87. The van der Waals surface area contributed by atoms with E-state index in [1.807, 2.05) is 13.0 Å². The lowest BCUT2D eigenvalue weighted by Gasteiger charge is -2.30. The number of nitrogens with one attached hydrogen (secondary N) is 1. The van der Waals surface area contributed by atoms with Gasteiger partial charge in [-0.25, -0.2) is 4.98 Å². The molecule has 1 saturated carbocycles. The summed E-state index contributed by atoms with van der Waals surface area (Å²) in [5.41, 5.74) is 2.58. The fourth-order valence-electron chi connectivity index (χ4n) is 4.97. The van der Waals surface area contributed by atoms with E-state index in [9.17, 15) is 18.0 Å². The van der Waals surface area contributed by atoms with Crippen molar-refractivity contribution in [1.82, 2.24) is 20.4 Å². The van der Waals surface area contributed by atoms with Crippen LogP contribution >= 0.6 is 0 Å². The molecule has 4 rings (SSSR count). The van der Waals surface area contributed by atoms with E-state index in [2.05, 4.69) is 20.4 Å². The van der Waals surface area contributed by atoms with E-state index in [1.54, 1.807) is 6.07 Å². The van der Waals surface area contributed by atoms with Gasteiger partial charge in [-0.1, -0.05) is 11.2 Å². The molecule has 1 amide bonds. The molecule has 35 heavy (non-hydrogen) atoms. The lowest BCUT2D eigenvalue weighted by Crippen LogP contribution is -2.39. The Hall–Kier alpha value is -2.62. The molecule has 1 N–H and O–H groups in total. The van der Waals surface area contributed by atoms with Gasteiger partial charge in [0.1, 0.15) is 5.76 Å². The maximum atomic E-state index is 12.4. The number of pyridine rings is 1. The second kappa shape index (κ2) is 11.4. The van der Waals surface area contributed by atoms with Gasteiger partial charge in [-0.15, -0.1) is 0 Å². The summed E-state index contributed by atoms with van der Waals surface area (Å²) >= 11 is 0. The number of amides is 1. The van der Waals surface area contributed by atoms with Crippen LogP contribution in [0, 0.1) is 12.8 Å². The standard InChI is InChI=1S/C25H33F3N4O3/c1-17-14-21(31-35-17)15-23(33)29-20-5-2-18(3-6-20)8-11-32-12-9-19-4-7-24(30-22(19)10-13-32)34-16-25(26,27)28/h4,7,14,18,20H,2-3,5-6,8-13,15-16H2,1H3,(H,29,33). The summed E-state index contributed by atoms with van der Waals surface area (Å²) in [5, 5.41) is 7.01. The maximum Gasteiger partial charge on any atom is 0.422 e. The Labute approximate surface area is 203 Å². The number of hydrogen-bond acceptors (Lipinski definition) is 6. The molecule has 2 aliphatic rings. The molecule has 2 aromatic rings. The Morgan fingerprint density at radius 2 is 1.97 bits per heavy atom. The van der Waals surface area contributed by atoms with Crippen molar-refractivity contribution in [2.24, 2.45) is 5.92 Å². The minimum Gasteiger partial charge on any atom is -0.468 e. The first-order valence-corrected chi connectivity index (χ1v) is 12.4. The predicted molar refractivity (Wildman–Crippen MR) is 123 cm³/mol. The Morgan fingerprint density at radius 3 is 2.69 bits per heavy atom. The third-order valence-electron chi connectivity index (χ3n) is 6.87. The van der Waals surface area contributed by atoms with Crippen molar-refractivity contribution < 1.29 is 27.2 Å². The lowest BCUT2D eigenvalue weighted by molar-refractivity contribution is -0.154. The topological polar surface area (TPSA) is 80.5 Å². The van der Waals surface area contributed by atoms with Crippen LogP contribution in [0.3, 0.4) is 0 Å². The van der Waals surface area contributed by atoms with E-state index in [1.165, 1.54) is 6.07 Å². The van der Waals surface area contributed by atoms with E-state index >= 15 is 0 Å². The van der Waals surface area contributed by atoms with Crippen LogP contribution in [0.1, 0.15) is 54.8 Å². The second-order valence-electron chi connectivity index (χ2n) is 9.68. The molecule has 0 spiro atoms. The van der Waals surface area contributed by atoms with Gasteiger partial charge >= 0.3 is 6.18 Å². The third kappa shape index (κ3) is 7.95. The molecule has 192 valence electrons. The molecule has 0 aromatic carbocycles. The monoisotopic (exact) mass is 494 g/mol. The number of alkyl halides is 3. The number of rotatable bonds is 8. The summed E-state index contributed by atoms with van der Waals surface area (Å²) in [6.45, 7) is 3.25. The first kappa shape index (κ1) is 25.5. The first-order valence-electron chi connectivity index (χ1n) is 12.4. The maximum absolute atomic E-state index is 12.4. The van der Waals surface area contributed by atoms with Gasteiger partial charge in [-0.2, -0.15) is 13.2 Å². The van der Waals surface area contributed by atoms with Crippen LogP contribution in [0.25, 0.3) is 0 Å². The Kier molecular flexibility index (Phi) is 8.30. The highest BCUT2D eigenvalue weighted by molar-refractivity contribution is 5.78. The highest BCUT2D eigenvalue weighted by Crippen LogP contribution is 2.28. The summed E-state index contributed by atoms with van der Waals surface area (Å²) in [6, 6.07) is 5.38. The van der Waals surface area contributed by atoms with Gasteiger partial charge in [-0.3, -0.25) is 4.79 Å². The minimum absolute atomic E-state index is 0.00791. The molecule has 0 saturated heterocycles. The van der Waals surface area contributed by atoms with E-state index in [0.717, 1.165) is 69.4 Å². The molecule has 7 nitrogen and oxygen atoms in total. The quantitative estimate of drug-likeness (QED) is 0.597. The molecule has 1 fully saturated rings. The molecule has 3 heterocycles. The van der Waals surface area contributed by atoms with Crippen LogP contribution in [-0.2, 0) is 24.1 Å². The Balaban J connectivity index is 1.16. The minimum atomic E-state index is -4.37. The van der Waals surface area contributed by atoms with E-state index < -0.39 is 12.8 Å². The van der Waals surface area contributed by atoms with Crippen molar-refractivity contribution in [3.8, 4) is 5.88 Å². The van der Waals surface area contributed by atoms with Crippen molar-refractivity contribution in [3.63, 3.8) is 0 Å². The Bertz CT molecular complexity index is 987. The molecule has 10 heteroatoms. The highest BCUT2D eigenvalue weighted by atomic mass is 19.4. The first-order chi connectivity index (χ1) is 16.7. The number of aromatic nitrogens is 2. The number of carbonyl (C=O) groups excluding carboxylic acids is 1. The van der Waals surface area contributed by atoms with Gasteiger partial charge in [0.2, 0.25) is 11.8 Å². The zero-order chi connectivity index (χ0) is 24.8. The number of carbonyl (C=O) groups is 1. The fourth-order valence-corrected chi connectivity index (χ4v) is 4.97. The fraction of sp³-hybridized carbons (Fsp3) is 0.640. The number of nitrogens with zero attached hydrogens (tertiary/aromatic N) is 3. The van der Waals surface area contributed by atoms with Crippen LogP contribution in [0.5, 0.6) is 5.88 Å². The molecule has 0 unspecified atom stereocenters. The number of fused-ring (bicyclic) bond motifs is 1. The van der Waals surface area contributed by atoms with Crippen molar-refractivity contribution in [1.29, 1.82) is 0 Å². The normalized spacial score (nSPS) is 21.3. The molecule has 0 atom stereocenters. The number of halogens is 3. The van der Waals surface area contributed by atoms with E-state index in [-0.39, 0.29) is 24.2 Å². The van der Waals surface area contributed by atoms with Crippen molar-refractivity contribution in [2.75, 3.05) is 26.2 Å². The molecular formula is C25H33F3N4O3. The molecule has 2 aromatic heterocycles.